The second-order valence-electron chi connectivity index (χ2n) is 7.93. The van der Waals surface area contributed by atoms with Crippen LogP contribution in [-0.2, 0) is 21.0 Å². The van der Waals surface area contributed by atoms with Gasteiger partial charge in [0.05, 0.1) is 6.10 Å². The molecule has 2 fully saturated rings. The lowest BCUT2D eigenvalue weighted by Gasteiger charge is -2.50. The van der Waals surface area contributed by atoms with Crippen molar-refractivity contribution in [3.63, 3.8) is 0 Å². The predicted octanol–water partition coefficient (Wildman–Crippen LogP) is 3.44. The molecule has 0 aromatic heterocycles. The van der Waals surface area contributed by atoms with E-state index >= 15 is 0 Å². The molecule has 3 aliphatic carbocycles. The maximum atomic E-state index is 11.2. The highest BCUT2D eigenvalue weighted by Crippen LogP contribution is 2.61. The van der Waals surface area contributed by atoms with Crippen molar-refractivity contribution < 1.29 is 22.3 Å². The summed E-state index contributed by atoms with van der Waals surface area (Å²) in [5.41, 5.74) is 2.42. The SMILES string of the molecule is C[C@]12CC[C@@H]3c4ccc(O)cc4CC[C@H]3[C@@H]1CC[C@H]2OS(=O)(=O)O. The van der Waals surface area contributed by atoms with E-state index in [0.29, 0.717) is 29.9 Å². The highest BCUT2D eigenvalue weighted by Gasteiger charge is 2.56. The molecule has 0 unspecified atom stereocenters. The van der Waals surface area contributed by atoms with Crippen molar-refractivity contribution in [2.45, 2.75) is 57.5 Å². The highest BCUT2D eigenvalue weighted by molar-refractivity contribution is 7.80. The zero-order valence-corrected chi connectivity index (χ0v) is 14.6. The molecule has 0 heterocycles. The normalized spacial score (nSPS) is 38.2. The van der Waals surface area contributed by atoms with Gasteiger partial charge in [-0.3, -0.25) is 4.55 Å². The van der Waals surface area contributed by atoms with Crippen LogP contribution in [0.3, 0.4) is 0 Å². The van der Waals surface area contributed by atoms with Crippen molar-refractivity contribution in [3.05, 3.63) is 29.3 Å². The molecule has 0 radical (unpaired) electrons. The Morgan fingerprint density at radius 3 is 2.75 bits per heavy atom. The Hall–Kier alpha value is -1.11. The lowest BCUT2D eigenvalue weighted by molar-refractivity contribution is -0.0121. The average Bonchev–Trinajstić information content (AvgIpc) is 2.82. The maximum Gasteiger partial charge on any atom is 0.397 e. The number of aryl methyl sites for hydroxylation is 1. The summed E-state index contributed by atoms with van der Waals surface area (Å²) in [4.78, 5) is 0. The Morgan fingerprint density at radius 2 is 2.00 bits per heavy atom. The molecule has 132 valence electrons. The minimum Gasteiger partial charge on any atom is -0.508 e. The highest BCUT2D eigenvalue weighted by atomic mass is 32.3. The summed E-state index contributed by atoms with van der Waals surface area (Å²) in [7, 11) is -4.41. The summed E-state index contributed by atoms with van der Waals surface area (Å²) in [6, 6.07) is 5.72. The van der Waals surface area contributed by atoms with Crippen molar-refractivity contribution >= 4 is 10.4 Å². The average molecular weight is 352 g/mol. The lowest BCUT2D eigenvalue weighted by atomic mass is 9.55. The number of aromatic hydroxyl groups is 1. The molecule has 5 atom stereocenters. The molecule has 4 rings (SSSR count). The lowest BCUT2D eigenvalue weighted by Crippen LogP contribution is -2.45. The minimum atomic E-state index is -4.41. The predicted molar refractivity (Wildman–Crippen MR) is 89.1 cm³/mol. The van der Waals surface area contributed by atoms with Crippen molar-refractivity contribution in [3.8, 4) is 5.75 Å². The van der Waals surface area contributed by atoms with Gasteiger partial charge < -0.3 is 5.11 Å². The van der Waals surface area contributed by atoms with E-state index in [1.54, 1.807) is 6.07 Å². The topological polar surface area (TPSA) is 83.8 Å². The van der Waals surface area contributed by atoms with Crippen LogP contribution in [0.1, 0.15) is 56.1 Å². The van der Waals surface area contributed by atoms with E-state index in [2.05, 4.69) is 13.0 Å². The number of phenols is 1. The van der Waals surface area contributed by atoms with Crippen LogP contribution in [0, 0.1) is 17.3 Å². The Balaban J connectivity index is 1.63. The molecule has 6 heteroatoms. The first-order valence-electron chi connectivity index (χ1n) is 8.75. The molecule has 2 N–H and O–H groups in total. The van der Waals surface area contributed by atoms with Gasteiger partial charge in [-0.25, -0.2) is 4.18 Å². The number of rotatable bonds is 2. The van der Waals surface area contributed by atoms with Gasteiger partial charge in [-0.15, -0.1) is 0 Å². The third-order valence-electron chi connectivity index (χ3n) is 6.86. The summed E-state index contributed by atoms with van der Waals surface area (Å²) < 4.78 is 36.5. The minimum absolute atomic E-state index is 0.189. The summed E-state index contributed by atoms with van der Waals surface area (Å²) in [6.07, 6.45) is 5.15. The largest absolute Gasteiger partial charge is 0.508 e. The molecule has 0 saturated heterocycles. The number of hydrogen-bond acceptors (Lipinski definition) is 4. The van der Waals surface area contributed by atoms with E-state index in [0.717, 1.165) is 32.1 Å². The Labute approximate surface area is 143 Å². The fourth-order valence-corrected chi connectivity index (χ4v) is 6.44. The van der Waals surface area contributed by atoms with Crippen molar-refractivity contribution in [2.75, 3.05) is 0 Å². The Bertz CT molecular complexity index is 759. The summed E-state index contributed by atoms with van der Waals surface area (Å²) in [5.74, 6) is 1.76. The third kappa shape index (κ3) is 2.55. The first-order valence-corrected chi connectivity index (χ1v) is 10.1. The fraction of sp³-hybridized carbons (Fsp3) is 0.667. The number of benzene rings is 1. The molecule has 0 aliphatic heterocycles. The van der Waals surface area contributed by atoms with Gasteiger partial charge in [-0.2, -0.15) is 8.42 Å². The Morgan fingerprint density at radius 1 is 1.21 bits per heavy atom. The first-order chi connectivity index (χ1) is 11.3. The zero-order chi connectivity index (χ0) is 17.1. The smallest absolute Gasteiger partial charge is 0.397 e. The van der Waals surface area contributed by atoms with Gasteiger partial charge in [0.25, 0.3) is 0 Å². The van der Waals surface area contributed by atoms with Crippen LogP contribution in [0.5, 0.6) is 5.75 Å². The van der Waals surface area contributed by atoms with Gasteiger partial charge in [0.1, 0.15) is 5.75 Å². The van der Waals surface area contributed by atoms with Crippen molar-refractivity contribution in [1.82, 2.24) is 0 Å². The van der Waals surface area contributed by atoms with E-state index in [9.17, 15) is 13.5 Å². The second kappa shape index (κ2) is 5.44. The molecule has 2 saturated carbocycles. The fourth-order valence-electron chi connectivity index (χ4n) is 5.83. The molecule has 1 aromatic rings. The van der Waals surface area contributed by atoms with Gasteiger partial charge in [0.2, 0.25) is 0 Å². The molecule has 3 aliphatic rings. The molecular weight excluding hydrogens is 328 g/mol. The molecule has 0 amide bonds. The number of hydrogen-bond donors (Lipinski definition) is 2. The zero-order valence-electron chi connectivity index (χ0n) is 13.8. The van der Waals surface area contributed by atoms with Crippen molar-refractivity contribution in [1.29, 1.82) is 0 Å². The van der Waals surface area contributed by atoms with Crippen LogP contribution in [0.2, 0.25) is 0 Å². The van der Waals surface area contributed by atoms with Gasteiger partial charge >= 0.3 is 10.4 Å². The van der Waals surface area contributed by atoms with Crippen LogP contribution in [0.15, 0.2) is 18.2 Å². The van der Waals surface area contributed by atoms with E-state index in [1.165, 1.54) is 11.1 Å². The summed E-state index contributed by atoms with van der Waals surface area (Å²) >= 11 is 0. The van der Waals surface area contributed by atoms with Gasteiger partial charge in [0.15, 0.2) is 0 Å². The van der Waals surface area contributed by atoms with Crippen LogP contribution in [-0.4, -0.2) is 24.2 Å². The van der Waals surface area contributed by atoms with Gasteiger partial charge in [0, 0.05) is 0 Å². The van der Waals surface area contributed by atoms with Crippen molar-refractivity contribution in [2.24, 2.45) is 17.3 Å². The molecule has 24 heavy (non-hydrogen) atoms. The maximum absolute atomic E-state index is 11.2. The first kappa shape index (κ1) is 16.4. The van der Waals surface area contributed by atoms with Gasteiger partial charge in [-0.1, -0.05) is 13.0 Å². The molecule has 0 spiro atoms. The summed E-state index contributed by atoms with van der Waals surface area (Å²) in [6.45, 7) is 2.13. The van der Waals surface area contributed by atoms with E-state index in [1.807, 2.05) is 6.07 Å². The summed E-state index contributed by atoms with van der Waals surface area (Å²) in [5, 5.41) is 9.72. The van der Waals surface area contributed by atoms with Crippen LogP contribution in [0.25, 0.3) is 0 Å². The monoisotopic (exact) mass is 352 g/mol. The molecular formula is C18H24O5S. The van der Waals surface area contributed by atoms with E-state index in [-0.39, 0.29) is 5.41 Å². The molecule has 0 bridgehead atoms. The van der Waals surface area contributed by atoms with Crippen LogP contribution in [0.4, 0.5) is 0 Å². The van der Waals surface area contributed by atoms with E-state index in [4.69, 9.17) is 8.74 Å². The van der Waals surface area contributed by atoms with Gasteiger partial charge in [-0.05, 0) is 85.0 Å². The molecule has 5 nitrogen and oxygen atoms in total. The van der Waals surface area contributed by atoms with Crippen LogP contribution >= 0.6 is 0 Å². The van der Waals surface area contributed by atoms with E-state index < -0.39 is 16.5 Å². The standard InChI is InChI=1S/C18H24O5S/c1-18-9-8-14-13-5-3-12(19)10-11(13)2-4-15(14)16(18)6-7-17(18)23-24(20,21)22/h3,5,10,14-17,19H,2,4,6-9H2,1H3,(H,20,21,22)/t14-,15-,16+,17-,18+/m1/s1. The third-order valence-corrected chi connectivity index (χ3v) is 7.34. The number of fused-ring (bicyclic) bond motifs is 5. The Kier molecular flexibility index (Phi) is 3.71. The molecule has 1 aromatic carbocycles. The second-order valence-corrected chi connectivity index (χ2v) is 8.98. The number of phenolic OH excluding ortho intramolecular Hbond substituents is 1. The quantitative estimate of drug-likeness (QED) is 0.797. The van der Waals surface area contributed by atoms with Crippen LogP contribution < -0.4 is 0 Å².